The van der Waals surface area contributed by atoms with Crippen LogP contribution in [0.25, 0.3) is 0 Å². The van der Waals surface area contributed by atoms with Gasteiger partial charge in [0, 0.05) is 18.6 Å². The van der Waals surface area contributed by atoms with E-state index < -0.39 is 0 Å². The van der Waals surface area contributed by atoms with Gasteiger partial charge in [-0.05, 0) is 18.6 Å². The predicted octanol–water partition coefficient (Wildman–Crippen LogP) is 0.305. The molecule has 2 rings (SSSR count). The molecule has 1 aromatic rings. The first-order valence-corrected chi connectivity index (χ1v) is 6.13. The molecule has 0 aliphatic heterocycles. The Kier molecular flexibility index (Phi) is 3.68. The summed E-state index contributed by atoms with van der Waals surface area (Å²) in [4.78, 5) is 12.0. The highest BCUT2D eigenvalue weighted by Gasteiger charge is 2.49. The fourth-order valence-electron chi connectivity index (χ4n) is 2.29. The first kappa shape index (κ1) is 13.7. The molecule has 1 amide bonds. The maximum Gasteiger partial charge on any atom is 0.272 e. The van der Waals surface area contributed by atoms with Crippen LogP contribution in [0.5, 0.6) is 0 Å². The van der Waals surface area contributed by atoms with Gasteiger partial charge in [0.2, 0.25) is 0 Å². The molecular weight excluding hydrogens is 246 g/mol. The SMILES string of the molecule is COC1CC(NC(=O)c2ccc(NN)nn2)C1(C)C. The number of carbonyl (C=O) groups excluding carboxylic acids is 1. The number of methoxy groups -OCH3 is 1. The van der Waals surface area contributed by atoms with Crippen LogP contribution in [-0.4, -0.2) is 35.4 Å². The molecule has 0 spiro atoms. The van der Waals surface area contributed by atoms with E-state index in [4.69, 9.17) is 10.6 Å². The van der Waals surface area contributed by atoms with E-state index in [-0.39, 0.29) is 29.2 Å². The zero-order valence-corrected chi connectivity index (χ0v) is 11.3. The third-order valence-electron chi connectivity index (χ3n) is 3.81. The number of hydrogen-bond donors (Lipinski definition) is 3. The number of nitrogens with two attached hydrogens (primary N) is 1. The first-order valence-electron chi connectivity index (χ1n) is 6.13. The van der Waals surface area contributed by atoms with E-state index in [1.807, 2.05) is 0 Å². The van der Waals surface area contributed by atoms with Crippen LogP contribution in [0.15, 0.2) is 12.1 Å². The van der Waals surface area contributed by atoms with Gasteiger partial charge in [0.25, 0.3) is 5.91 Å². The first-order chi connectivity index (χ1) is 8.98. The summed E-state index contributed by atoms with van der Waals surface area (Å²) in [5.74, 6) is 5.37. The predicted molar refractivity (Wildman–Crippen MR) is 70.3 cm³/mol. The molecule has 1 aromatic heterocycles. The molecule has 0 aromatic carbocycles. The van der Waals surface area contributed by atoms with Crippen molar-refractivity contribution in [1.29, 1.82) is 0 Å². The van der Waals surface area contributed by atoms with Crippen LogP contribution in [-0.2, 0) is 4.74 Å². The lowest BCUT2D eigenvalue weighted by Crippen LogP contribution is -2.61. The van der Waals surface area contributed by atoms with Gasteiger partial charge in [-0.1, -0.05) is 13.8 Å². The molecule has 2 unspecified atom stereocenters. The van der Waals surface area contributed by atoms with Crippen molar-refractivity contribution in [3.05, 3.63) is 17.8 Å². The third-order valence-corrected chi connectivity index (χ3v) is 3.81. The molecule has 1 fully saturated rings. The molecule has 1 aliphatic rings. The van der Waals surface area contributed by atoms with Crippen molar-refractivity contribution >= 4 is 11.7 Å². The molecule has 4 N–H and O–H groups in total. The number of rotatable bonds is 4. The zero-order chi connectivity index (χ0) is 14.0. The monoisotopic (exact) mass is 265 g/mol. The molecule has 7 nitrogen and oxygen atoms in total. The average molecular weight is 265 g/mol. The summed E-state index contributed by atoms with van der Waals surface area (Å²) in [6, 6.07) is 3.27. The van der Waals surface area contributed by atoms with Crippen molar-refractivity contribution in [2.45, 2.75) is 32.4 Å². The lowest BCUT2D eigenvalue weighted by atomic mass is 9.64. The number of nitrogens with zero attached hydrogens (tertiary/aromatic N) is 2. The number of anilines is 1. The molecule has 7 heteroatoms. The number of nitrogens with one attached hydrogen (secondary N) is 2. The number of nitrogen functional groups attached to an aromatic ring is 1. The van der Waals surface area contributed by atoms with E-state index in [1.165, 1.54) is 0 Å². The van der Waals surface area contributed by atoms with Gasteiger partial charge < -0.3 is 15.5 Å². The molecule has 2 atom stereocenters. The van der Waals surface area contributed by atoms with Crippen LogP contribution < -0.4 is 16.6 Å². The van der Waals surface area contributed by atoms with Gasteiger partial charge in [-0.2, -0.15) is 0 Å². The van der Waals surface area contributed by atoms with Crippen LogP contribution in [0.3, 0.4) is 0 Å². The average Bonchev–Trinajstić information content (AvgIpc) is 2.42. The Balaban J connectivity index is 1.98. The van der Waals surface area contributed by atoms with E-state index in [0.717, 1.165) is 6.42 Å². The molecular formula is C12H19N5O2. The minimum Gasteiger partial charge on any atom is -0.381 e. The van der Waals surface area contributed by atoms with Gasteiger partial charge in [-0.25, -0.2) is 5.84 Å². The van der Waals surface area contributed by atoms with Crippen LogP contribution >= 0.6 is 0 Å². The maximum absolute atomic E-state index is 12.0. The number of amides is 1. The van der Waals surface area contributed by atoms with E-state index in [0.29, 0.717) is 5.82 Å². The van der Waals surface area contributed by atoms with Crippen molar-refractivity contribution < 1.29 is 9.53 Å². The van der Waals surface area contributed by atoms with Crippen molar-refractivity contribution in [1.82, 2.24) is 15.5 Å². The summed E-state index contributed by atoms with van der Waals surface area (Å²) in [6.45, 7) is 4.14. The highest BCUT2D eigenvalue weighted by molar-refractivity contribution is 5.92. The minimum atomic E-state index is -0.233. The Morgan fingerprint density at radius 3 is 2.68 bits per heavy atom. The molecule has 19 heavy (non-hydrogen) atoms. The Bertz CT molecular complexity index is 460. The lowest BCUT2D eigenvalue weighted by molar-refractivity contribution is -0.0942. The Morgan fingerprint density at radius 2 is 2.21 bits per heavy atom. The number of hydrazine groups is 1. The Hall–Kier alpha value is -1.73. The van der Waals surface area contributed by atoms with Crippen LogP contribution in [0.2, 0.25) is 0 Å². The highest BCUT2D eigenvalue weighted by atomic mass is 16.5. The highest BCUT2D eigenvalue weighted by Crippen LogP contribution is 2.42. The zero-order valence-electron chi connectivity index (χ0n) is 11.3. The smallest absolute Gasteiger partial charge is 0.272 e. The van der Waals surface area contributed by atoms with E-state index >= 15 is 0 Å². The quantitative estimate of drug-likeness (QED) is 0.535. The van der Waals surface area contributed by atoms with Gasteiger partial charge in [0.1, 0.15) is 0 Å². The number of carbonyl (C=O) groups is 1. The fraction of sp³-hybridized carbons (Fsp3) is 0.583. The molecule has 104 valence electrons. The van der Waals surface area contributed by atoms with Gasteiger partial charge in [0.15, 0.2) is 11.5 Å². The summed E-state index contributed by atoms with van der Waals surface area (Å²) in [5.41, 5.74) is 2.56. The van der Waals surface area contributed by atoms with Crippen molar-refractivity contribution in [2.75, 3.05) is 12.5 Å². The summed E-state index contributed by atoms with van der Waals surface area (Å²) in [5, 5.41) is 10.5. The molecule has 1 aliphatic carbocycles. The minimum absolute atomic E-state index is 0.0728. The Morgan fingerprint density at radius 1 is 1.47 bits per heavy atom. The van der Waals surface area contributed by atoms with Crippen molar-refractivity contribution in [2.24, 2.45) is 11.3 Å². The topological polar surface area (TPSA) is 102 Å². The Labute approximate surface area is 111 Å². The second-order valence-electron chi connectivity index (χ2n) is 5.26. The molecule has 0 bridgehead atoms. The lowest BCUT2D eigenvalue weighted by Gasteiger charge is -2.51. The molecule has 1 saturated carbocycles. The third kappa shape index (κ3) is 2.52. The second kappa shape index (κ2) is 5.10. The summed E-state index contributed by atoms with van der Waals surface area (Å²) in [7, 11) is 1.69. The van der Waals surface area contributed by atoms with Crippen molar-refractivity contribution in [3.8, 4) is 0 Å². The largest absolute Gasteiger partial charge is 0.381 e. The van der Waals surface area contributed by atoms with Gasteiger partial charge in [-0.3, -0.25) is 4.79 Å². The summed E-state index contributed by atoms with van der Waals surface area (Å²) < 4.78 is 5.35. The van der Waals surface area contributed by atoms with Crippen LogP contribution in [0.1, 0.15) is 30.8 Å². The normalized spacial score (nSPS) is 24.4. The number of aromatic nitrogens is 2. The van der Waals surface area contributed by atoms with Crippen molar-refractivity contribution in [3.63, 3.8) is 0 Å². The van der Waals surface area contributed by atoms with Gasteiger partial charge in [0.05, 0.1) is 6.10 Å². The maximum atomic E-state index is 12.0. The summed E-state index contributed by atoms with van der Waals surface area (Å²) in [6.07, 6.45) is 0.984. The molecule has 1 heterocycles. The number of hydrogen-bond acceptors (Lipinski definition) is 6. The van der Waals surface area contributed by atoms with Gasteiger partial charge >= 0.3 is 0 Å². The second-order valence-corrected chi connectivity index (χ2v) is 5.26. The molecule has 0 radical (unpaired) electrons. The fourth-order valence-corrected chi connectivity index (χ4v) is 2.29. The van der Waals surface area contributed by atoms with Crippen LogP contribution in [0.4, 0.5) is 5.82 Å². The van der Waals surface area contributed by atoms with Crippen LogP contribution in [0, 0.1) is 5.41 Å². The van der Waals surface area contributed by atoms with Gasteiger partial charge in [-0.15, -0.1) is 10.2 Å². The van der Waals surface area contributed by atoms with E-state index in [1.54, 1.807) is 19.2 Å². The summed E-state index contributed by atoms with van der Waals surface area (Å²) >= 11 is 0. The number of ether oxygens (including phenoxy) is 1. The van der Waals surface area contributed by atoms with E-state index in [9.17, 15) is 4.79 Å². The van der Waals surface area contributed by atoms with E-state index in [2.05, 4.69) is 34.8 Å². The standard InChI is InChI=1S/C12H19N5O2/c1-12(2)8(6-9(12)19-3)14-11(18)7-4-5-10(15-13)17-16-7/h4-5,8-9H,6,13H2,1-3H3,(H,14,18)(H,15,17). The molecule has 0 saturated heterocycles.